The zero-order chi connectivity index (χ0) is 17.7. The van der Waals surface area contributed by atoms with Gasteiger partial charge in [0.15, 0.2) is 0 Å². The molecule has 1 aliphatic heterocycles. The molecule has 9 heteroatoms. The fraction of sp³-hybridized carbons (Fsp3) is 0.267. The third-order valence-corrected chi connectivity index (χ3v) is 4.39. The number of amides is 1. The van der Waals surface area contributed by atoms with Crippen molar-refractivity contribution in [3.8, 4) is 6.07 Å². The monoisotopic (exact) mass is 347 g/mol. The molecule has 0 aromatic heterocycles. The molecule has 124 valence electrons. The van der Waals surface area contributed by atoms with Crippen molar-refractivity contribution in [1.29, 1.82) is 5.26 Å². The van der Waals surface area contributed by atoms with Crippen LogP contribution in [0.1, 0.15) is 17.9 Å². The first-order valence-corrected chi connectivity index (χ1v) is 7.83. The first-order chi connectivity index (χ1) is 11.5. The van der Waals surface area contributed by atoms with Crippen LogP contribution >= 0.6 is 11.8 Å². The predicted octanol–water partition coefficient (Wildman–Crippen LogP) is 1.84. The number of nitrogens with zero attached hydrogens (tertiary/aromatic N) is 2. The number of non-ortho nitro benzene ring substituents is 1. The lowest BCUT2D eigenvalue weighted by atomic mass is 9.87. The Hall–Kier alpha value is -2.86. The SMILES string of the molecule is COC(=O)CSC1=C(C#N)C(c2cccc([N+](=O)[O-])c2)CC(=O)N1. The molecular weight excluding hydrogens is 334 g/mol. The maximum atomic E-state index is 11.9. The summed E-state index contributed by atoms with van der Waals surface area (Å²) >= 11 is 0.992. The Balaban J connectivity index is 2.38. The number of nitro benzene ring substituents is 1. The zero-order valence-electron chi connectivity index (χ0n) is 12.6. The standard InChI is InChI=1S/C15H13N3O5S/c1-23-14(20)8-24-15-12(7-16)11(6-13(19)17-15)9-3-2-4-10(5-9)18(21)22/h2-5,11H,6,8H2,1H3,(H,17,19). The first kappa shape index (κ1) is 17.5. The second kappa shape index (κ2) is 7.61. The van der Waals surface area contributed by atoms with E-state index in [0.717, 1.165) is 11.8 Å². The number of esters is 1. The van der Waals surface area contributed by atoms with Crippen molar-refractivity contribution >= 4 is 29.3 Å². The van der Waals surface area contributed by atoms with Crippen molar-refractivity contribution in [3.63, 3.8) is 0 Å². The number of nitrogens with one attached hydrogen (secondary N) is 1. The van der Waals surface area contributed by atoms with Gasteiger partial charge in [0.25, 0.3) is 5.69 Å². The predicted molar refractivity (Wildman–Crippen MR) is 85.7 cm³/mol. The third-order valence-electron chi connectivity index (χ3n) is 3.40. The van der Waals surface area contributed by atoms with Crippen LogP contribution in [0.3, 0.4) is 0 Å². The Kier molecular flexibility index (Phi) is 5.55. The number of ether oxygens (including phenoxy) is 1. The second-order valence-electron chi connectivity index (χ2n) is 4.88. The minimum atomic E-state index is -0.594. The molecular formula is C15H13N3O5S. The van der Waals surface area contributed by atoms with E-state index < -0.39 is 16.8 Å². The minimum absolute atomic E-state index is 0.00629. The van der Waals surface area contributed by atoms with Crippen molar-refractivity contribution in [2.24, 2.45) is 0 Å². The number of hydrogen-bond acceptors (Lipinski definition) is 7. The van der Waals surface area contributed by atoms with E-state index in [-0.39, 0.29) is 34.4 Å². The molecule has 8 nitrogen and oxygen atoms in total. The average molecular weight is 347 g/mol. The summed E-state index contributed by atoms with van der Waals surface area (Å²) in [5, 5.41) is 23.2. The van der Waals surface area contributed by atoms with E-state index in [0.29, 0.717) is 5.56 Å². The minimum Gasteiger partial charge on any atom is -0.468 e. The summed E-state index contributed by atoms with van der Waals surface area (Å²) in [5.74, 6) is -1.46. The summed E-state index contributed by atoms with van der Waals surface area (Å²) < 4.78 is 4.54. The van der Waals surface area contributed by atoms with Crippen LogP contribution in [0.15, 0.2) is 34.9 Å². The van der Waals surface area contributed by atoms with Gasteiger partial charge >= 0.3 is 5.97 Å². The number of nitro groups is 1. The molecule has 2 rings (SSSR count). The number of hydrogen-bond donors (Lipinski definition) is 1. The van der Waals surface area contributed by atoms with E-state index in [4.69, 9.17) is 0 Å². The number of rotatable bonds is 5. The molecule has 1 aromatic rings. The Labute approximate surface area is 141 Å². The van der Waals surface area contributed by atoms with E-state index in [1.54, 1.807) is 6.07 Å². The molecule has 1 aliphatic rings. The van der Waals surface area contributed by atoms with Gasteiger partial charge in [-0.1, -0.05) is 23.9 Å². The fourth-order valence-electron chi connectivity index (χ4n) is 2.26. The number of thioether (sulfide) groups is 1. The summed E-state index contributed by atoms with van der Waals surface area (Å²) in [6, 6.07) is 7.87. The highest BCUT2D eigenvalue weighted by Gasteiger charge is 2.30. The Morgan fingerprint density at radius 3 is 2.96 bits per heavy atom. The smallest absolute Gasteiger partial charge is 0.316 e. The molecule has 0 fully saturated rings. The van der Waals surface area contributed by atoms with E-state index in [1.807, 2.05) is 6.07 Å². The van der Waals surface area contributed by atoms with Crippen LogP contribution in [0.5, 0.6) is 0 Å². The van der Waals surface area contributed by atoms with Gasteiger partial charge < -0.3 is 10.1 Å². The van der Waals surface area contributed by atoms with E-state index >= 15 is 0 Å². The number of allylic oxidation sites excluding steroid dienone is 1. The van der Waals surface area contributed by atoms with Crippen molar-refractivity contribution in [1.82, 2.24) is 5.32 Å². The largest absolute Gasteiger partial charge is 0.468 e. The summed E-state index contributed by atoms with van der Waals surface area (Å²) in [7, 11) is 1.24. The number of carbonyl (C=O) groups is 2. The zero-order valence-corrected chi connectivity index (χ0v) is 13.5. The van der Waals surface area contributed by atoms with Crippen molar-refractivity contribution < 1.29 is 19.2 Å². The van der Waals surface area contributed by atoms with Gasteiger partial charge in [0.05, 0.1) is 34.5 Å². The van der Waals surface area contributed by atoms with Crippen LogP contribution < -0.4 is 5.32 Å². The van der Waals surface area contributed by atoms with Gasteiger partial charge in [-0.2, -0.15) is 5.26 Å². The second-order valence-corrected chi connectivity index (χ2v) is 5.86. The summed E-state index contributed by atoms with van der Waals surface area (Å²) in [6.45, 7) is 0. The molecule has 1 atom stereocenters. The van der Waals surface area contributed by atoms with Crippen LogP contribution in [0.25, 0.3) is 0 Å². The highest BCUT2D eigenvalue weighted by molar-refractivity contribution is 8.03. The molecule has 24 heavy (non-hydrogen) atoms. The number of nitriles is 1. The molecule has 1 unspecified atom stereocenters. The van der Waals surface area contributed by atoms with Gasteiger partial charge in [0.1, 0.15) is 0 Å². The number of carbonyl (C=O) groups excluding carboxylic acids is 2. The lowest BCUT2D eigenvalue weighted by Crippen LogP contribution is -2.31. The number of benzene rings is 1. The van der Waals surface area contributed by atoms with Crippen molar-refractivity contribution in [3.05, 3.63) is 50.5 Å². The fourth-order valence-corrected chi connectivity index (χ4v) is 3.17. The molecule has 0 saturated heterocycles. The van der Waals surface area contributed by atoms with Gasteiger partial charge in [0, 0.05) is 24.5 Å². The molecule has 0 bridgehead atoms. The maximum Gasteiger partial charge on any atom is 0.316 e. The Bertz CT molecular complexity index is 769. The lowest BCUT2D eigenvalue weighted by molar-refractivity contribution is -0.384. The van der Waals surface area contributed by atoms with Crippen molar-refractivity contribution in [2.45, 2.75) is 12.3 Å². The molecule has 0 radical (unpaired) electrons. The first-order valence-electron chi connectivity index (χ1n) is 6.84. The van der Waals surface area contributed by atoms with Gasteiger partial charge in [-0.3, -0.25) is 19.7 Å². The molecule has 0 spiro atoms. The lowest BCUT2D eigenvalue weighted by Gasteiger charge is -2.24. The van der Waals surface area contributed by atoms with E-state index in [9.17, 15) is 25.0 Å². The third kappa shape index (κ3) is 3.91. The Morgan fingerprint density at radius 2 is 2.33 bits per heavy atom. The molecule has 0 saturated carbocycles. The summed E-state index contributed by atoms with van der Waals surface area (Å²) in [5.41, 5.74) is 0.662. The highest BCUT2D eigenvalue weighted by atomic mass is 32.2. The average Bonchev–Trinajstić information content (AvgIpc) is 2.59. The highest BCUT2D eigenvalue weighted by Crippen LogP contribution is 2.36. The molecule has 0 aliphatic carbocycles. The van der Waals surface area contributed by atoms with Crippen LogP contribution in [0, 0.1) is 21.4 Å². The van der Waals surface area contributed by atoms with Crippen LogP contribution in [0.4, 0.5) is 5.69 Å². The van der Waals surface area contributed by atoms with Crippen LogP contribution in [0.2, 0.25) is 0 Å². The summed E-state index contributed by atoms with van der Waals surface area (Å²) in [6.07, 6.45) is 0.00629. The van der Waals surface area contributed by atoms with Gasteiger partial charge in [-0.15, -0.1) is 0 Å². The van der Waals surface area contributed by atoms with E-state index in [1.165, 1.54) is 25.3 Å². The van der Waals surface area contributed by atoms with Gasteiger partial charge in [-0.25, -0.2) is 0 Å². The Morgan fingerprint density at radius 1 is 1.58 bits per heavy atom. The summed E-state index contributed by atoms with van der Waals surface area (Å²) in [4.78, 5) is 33.6. The topological polar surface area (TPSA) is 122 Å². The normalized spacial score (nSPS) is 17.0. The molecule has 1 N–H and O–H groups in total. The van der Waals surface area contributed by atoms with E-state index in [2.05, 4.69) is 10.1 Å². The maximum absolute atomic E-state index is 11.9. The molecule has 1 heterocycles. The van der Waals surface area contributed by atoms with Gasteiger partial charge in [-0.05, 0) is 5.56 Å². The van der Waals surface area contributed by atoms with Crippen LogP contribution in [-0.2, 0) is 14.3 Å². The van der Waals surface area contributed by atoms with Gasteiger partial charge in [0.2, 0.25) is 5.91 Å². The molecule has 1 aromatic carbocycles. The quantitative estimate of drug-likeness (QED) is 0.490. The van der Waals surface area contributed by atoms with Crippen LogP contribution in [-0.4, -0.2) is 29.7 Å². The number of methoxy groups -OCH3 is 1. The molecule has 1 amide bonds. The van der Waals surface area contributed by atoms with Crippen molar-refractivity contribution in [2.75, 3.05) is 12.9 Å².